The van der Waals surface area contributed by atoms with Crippen molar-refractivity contribution in [2.24, 2.45) is 0 Å². The van der Waals surface area contributed by atoms with Gasteiger partial charge in [0.15, 0.2) is 0 Å². The molecule has 0 heterocycles. The van der Waals surface area contributed by atoms with Crippen LogP contribution in [0, 0.1) is 0 Å². The fraction of sp³-hybridized carbons (Fsp3) is 0.500. The van der Waals surface area contributed by atoms with E-state index in [1.54, 1.807) is 0 Å². The van der Waals surface area contributed by atoms with Gasteiger partial charge < -0.3 is 16.0 Å². The minimum Gasteiger partial charge on any atom is -0.355 e. The van der Waals surface area contributed by atoms with Crippen molar-refractivity contribution < 1.29 is 9.59 Å². The highest BCUT2D eigenvalue weighted by molar-refractivity contribution is 5.76. The molecule has 5 nitrogen and oxygen atoms in total. The second-order valence-corrected chi connectivity index (χ2v) is 11.7. The first kappa shape index (κ1) is 45.3. The fourth-order valence-corrected chi connectivity index (χ4v) is 4.38. The van der Waals surface area contributed by atoms with Crippen LogP contribution in [0.25, 0.3) is 0 Å². The minimum absolute atomic E-state index is 0.0926. The molecule has 0 aromatic carbocycles. The van der Waals surface area contributed by atoms with Crippen LogP contribution >= 0.6 is 0 Å². The van der Waals surface area contributed by atoms with Crippen LogP contribution in [0.5, 0.6) is 0 Å². The maximum Gasteiger partial charge on any atom is 0.220 e. The second kappa shape index (κ2) is 40.5. The third kappa shape index (κ3) is 40.4. The molecule has 0 saturated heterocycles. The van der Waals surface area contributed by atoms with E-state index >= 15 is 0 Å². The molecule has 0 aliphatic rings. The van der Waals surface area contributed by atoms with Crippen molar-refractivity contribution in [1.82, 2.24) is 16.0 Å². The van der Waals surface area contributed by atoms with Crippen LogP contribution in [0.2, 0.25) is 0 Å². The Morgan fingerprint density at radius 3 is 0.918 bits per heavy atom. The Bertz CT molecular complexity index is 986. The third-order valence-electron chi connectivity index (χ3n) is 7.11. The smallest absolute Gasteiger partial charge is 0.220 e. The molecule has 3 N–H and O–H groups in total. The highest BCUT2D eigenvalue weighted by Crippen LogP contribution is 2.01. The lowest BCUT2D eigenvalue weighted by molar-refractivity contribution is -0.121. The van der Waals surface area contributed by atoms with Crippen molar-refractivity contribution in [3.63, 3.8) is 0 Å². The van der Waals surface area contributed by atoms with Crippen LogP contribution in [0.4, 0.5) is 0 Å². The number of hydrogen-bond donors (Lipinski definition) is 3. The van der Waals surface area contributed by atoms with Crippen LogP contribution in [0.3, 0.4) is 0 Å². The van der Waals surface area contributed by atoms with Crippen LogP contribution in [-0.2, 0) is 9.59 Å². The van der Waals surface area contributed by atoms with Gasteiger partial charge in [0.2, 0.25) is 11.8 Å². The number of nitrogens with one attached hydrogen (secondary N) is 3. The van der Waals surface area contributed by atoms with E-state index in [2.05, 4.69) is 151 Å². The molecule has 0 spiro atoms. The van der Waals surface area contributed by atoms with Crippen molar-refractivity contribution in [3.05, 3.63) is 122 Å². The van der Waals surface area contributed by atoms with Gasteiger partial charge in [0.25, 0.3) is 0 Å². The number of unbranched alkanes of at least 4 members (excludes halogenated alkanes) is 2. The summed E-state index contributed by atoms with van der Waals surface area (Å²) in [6.07, 6.45) is 58.5. The molecule has 0 bridgehead atoms. The summed E-state index contributed by atoms with van der Waals surface area (Å²) in [5, 5.41) is 9.18. The molecule has 0 unspecified atom stereocenters. The van der Waals surface area contributed by atoms with E-state index in [1.165, 1.54) is 0 Å². The molecule has 0 aromatic heterocycles. The fourth-order valence-electron chi connectivity index (χ4n) is 4.38. The SMILES string of the molecule is CC/C=C\C/C=C\C/C=C\C/C=C\C/C=C\CCCC(=O)NCCNCCNC(=O)CCC/C=C\C/C=C\C/C=C\C/C=C\C/C=C\CC. The monoisotopic (exact) mass is 672 g/mol. The summed E-state index contributed by atoms with van der Waals surface area (Å²) in [5.74, 6) is 0.185. The molecule has 0 fully saturated rings. The van der Waals surface area contributed by atoms with Crippen LogP contribution < -0.4 is 16.0 Å². The van der Waals surface area contributed by atoms with Gasteiger partial charge in [-0.25, -0.2) is 0 Å². The normalized spacial score (nSPS) is 12.9. The molecule has 0 radical (unpaired) electrons. The molecular formula is C44H69N3O2. The Labute approximate surface area is 301 Å². The number of hydrogen-bond acceptors (Lipinski definition) is 3. The Hall–Kier alpha value is -3.70. The third-order valence-corrected chi connectivity index (χ3v) is 7.11. The summed E-state index contributed by atoms with van der Waals surface area (Å²) in [6.45, 7) is 6.89. The van der Waals surface area contributed by atoms with Gasteiger partial charge in [-0.2, -0.15) is 0 Å². The number of allylic oxidation sites excluding steroid dienone is 20. The topological polar surface area (TPSA) is 70.2 Å². The summed E-state index contributed by atoms with van der Waals surface area (Å²) < 4.78 is 0. The predicted octanol–water partition coefficient (Wildman–Crippen LogP) is 10.7. The van der Waals surface area contributed by atoms with E-state index < -0.39 is 0 Å². The van der Waals surface area contributed by atoms with Gasteiger partial charge in [-0.1, -0.05) is 135 Å². The molecule has 0 aromatic rings. The zero-order chi connectivity index (χ0) is 35.6. The molecular weight excluding hydrogens is 603 g/mol. The Morgan fingerprint density at radius 1 is 0.367 bits per heavy atom. The highest BCUT2D eigenvalue weighted by atomic mass is 16.2. The lowest BCUT2D eigenvalue weighted by Gasteiger charge is -2.08. The standard InChI is InChI=1S/C44H69N3O2/c1-3-5-7-9-11-13-15-17-19-21-23-25-27-29-31-33-35-37-43(48)46-41-39-45-40-42-47-44(49)38-36-34-32-30-28-26-24-22-20-18-16-14-12-10-8-6-4-2/h5-8,11-14,17-20,23-26,29-32,45H,3-4,9-10,15-16,21-22,27-28,33-42H2,1-2H3,(H,46,48)(H,47,49)/b7-5-,8-6-,13-11-,14-12-,19-17-,20-18-,25-23-,26-24-,31-29-,32-30-. The van der Waals surface area contributed by atoms with Gasteiger partial charge in [0, 0.05) is 39.0 Å². The molecule has 2 amide bonds. The van der Waals surface area contributed by atoms with Crippen LogP contribution in [0.1, 0.15) is 117 Å². The number of carbonyl (C=O) groups is 2. The zero-order valence-electron chi connectivity index (χ0n) is 31.0. The van der Waals surface area contributed by atoms with Gasteiger partial charge in [-0.05, 0) is 89.9 Å². The van der Waals surface area contributed by atoms with Gasteiger partial charge in [0.05, 0.1) is 0 Å². The van der Waals surface area contributed by atoms with Crippen molar-refractivity contribution in [3.8, 4) is 0 Å². The van der Waals surface area contributed by atoms with Gasteiger partial charge in [-0.15, -0.1) is 0 Å². The summed E-state index contributed by atoms with van der Waals surface area (Å²) in [7, 11) is 0. The first-order chi connectivity index (χ1) is 24.2. The van der Waals surface area contributed by atoms with E-state index in [0.717, 1.165) is 89.9 Å². The Balaban J connectivity index is 3.54. The molecule has 49 heavy (non-hydrogen) atoms. The van der Waals surface area contributed by atoms with E-state index in [4.69, 9.17) is 0 Å². The molecule has 0 aliphatic heterocycles. The van der Waals surface area contributed by atoms with Gasteiger partial charge >= 0.3 is 0 Å². The van der Waals surface area contributed by atoms with E-state index in [-0.39, 0.29) is 11.8 Å². The zero-order valence-corrected chi connectivity index (χ0v) is 31.0. The first-order valence-electron chi connectivity index (χ1n) is 18.9. The summed E-state index contributed by atoms with van der Waals surface area (Å²) >= 11 is 0. The lowest BCUT2D eigenvalue weighted by atomic mass is 10.2. The maximum atomic E-state index is 12.0. The number of rotatable bonds is 32. The summed E-state index contributed by atoms with van der Waals surface area (Å²) in [5.41, 5.74) is 0. The molecule has 272 valence electrons. The van der Waals surface area contributed by atoms with Crippen molar-refractivity contribution >= 4 is 11.8 Å². The summed E-state index contributed by atoms with van der Waals surface area (Å²) in [4.78, 5) is 24.0. The molecule has 5 heteroatoms. The quantitative estimate of drug-likeness (QED) is 0.0492. The van der Waals surface area contributed by atoms with Gasteiger partial charge in [-0.3, -0.25) is 9.59 Å². The Kier molecular flexibility index (Phi) is 37.4. The summed E-state index contributed by atoms with van der Waals surface area (Å²) in [6, 6.07) is 0. The average Bonchev–Trinajstić information content (AvgIpc) is 3.10. The second-order valence-electron chi connectivity index (χ2n) is 11.7. The molecule has 0 atom stereocenters. The Morgan fingerprint density at radius 2 is 0.633 bits per heavy atom. The molecule has 0 saturated carbocycles. The minimum atomic E-state index is 0.0926. The van der Waals surface area contributed by atoms with Crippen LogP contribution in [0.15, 0.2) is 122 Å². The number of amides is 2. The molecule has 0 rings (SSSR count). The molecule has 0 aliphatic carbocycles. The van der Waals surface area contributed by atoms with Crippen molar-refractivity contribution in [2.75, 3.05) is 26.2 Å². The van der Waals surface area contributed by atoms with Gasteiger partial charge in [0.1, 0.15) is 0 Å². The number of carbonyl (C=O) groups excluding carboxylic acids is 2. The van der Waals surface area contributed by atoms with Crippen molar-refractivity contribution in [1.29, 1.82) is 0 Å². The van der Waals surface area contributed by atoms with Crippen molar-refractivity contribution in [2.45, 2.75) is 117 Å². The van der Waals surface area contributed by atoms with E-state index in [1.807, 2.05) is 0 Å². The average molecular weight is 672 g/mol. The predicted molar refractivity (Wildman–Crippen MR) is 216 cm³/mol. The van der Waals surface area contributed by atoms with E-state index in [0.29, 0.717) is 39.0 Å². The maximum absolute atomic E-state index is 12.0. The lowest BCUT2D eigenvalue weighted by Crippen LogP contribution is -2.36. The highest BCUT2D eigenvalue weighted by Gasteiger charge is 2.00. The van der Waals surface area contributed by atoms with E-state index in [9.17, 15) is 9.59 Å². The van der Waals surface area contributed by atoms with Crippen LogP contribution in [-0.4, -0.2) is 38.0 Å². The first-order valence-corrected chi connectivity index (χ1v) is 18.9. The largest absolute Gasteiger partial charge is 0.355 e.